The number of esters is 2. The van der Waals surface area contributed by atoms with Gasteiger partial charge in [-0.05, 0) is 64.3 Å². The number of unbranched alkanes of at least 4 members (excludes halogenated alkanes) is 20. The third-order valence-corrected chi connectivity index (χ3v) is 11.0. The van der Waals surface area contributed by atoms with Crippen molar-refractivity contribution >= 4 is 11.9 Å². The molecule has 3 unspecified atom stereocenters. The van der Waals surface area contributed by atoms with E-state index in [4.69, 9.17) is 9.47 Å². The maximum atomic E-state index is 12.9. The Morgan fingerprint density at radius 2 is 0.792 bits per heavy atom. The largest absolute Gasteiger partial charge is 0.465 e. The summed E-state index contributed by atoms with van der Waals surface area (Å²) >= 11 is 0. The summed E-state index contributed by atoms with van der Waals surface area (Å²) in [5.41, 5.74) is 0. The molecule has 0 aliphatic carbocycles. The van der Waals surface area contributed by atoms with Crippen LogP contribution in [0.2, 0.25) is 0 Å². The Balaban J connectivity index is 4.32. The monoisotopic (exact) mass is 754 g/mol. The minimum absolute atomic E-state index is 0.0156. The van der Waals surface area contributed by atoms with Crippen molar-refractivity contribution in [1.29, 1.82) is 0 Å². The van der Waals surface area contributed by atoms with Crippen molar-refractivity contribution in [1.82, 2.24) is 4.90 Å². The summed E-state index contributed by atoms with van der Waals surface area (Å²) in [6.07, 6.45) is 34.0. The maximum Gasteiger partial charge on any atom is 0.308 e. The molecule has 0 aromatic rings. The first kappa shape index (κ1) is 51.8. The summed E-state index contributed by atoms with van der Waals surface area (Å²) in [4.78, 5) is 28.0. The molecule has 0 amide bonds. The maximum absolute atomic E-state index is 12.9. The number of rotatable bonds is 42. The number of hydrogen-bond acceptors (Lipinski definition) is 7. The molecule has 0 fully saturated rings. The van der Waals surface area contributed by atoms with Gasteiger partial charge in [-0.15, -0.1) is 0 Å². The molecule has 7 heteroatoms. The van der Waals surface area contributed by atoms with Crippen LogP contribution in [0.15, 0.2) is 0 Å². The van der Waals surface area contributed by atoms with Gasteiger partial charge in [0.25, 0.3) is 0 Å². The Morgan fingerprint density at radius 1 is 0.453 bits per heavy atom. The van der Waals surface area contributed by atoms with Crippen molar-refractivity contribution in [2.75, 3.05) is 39.5 Å². The molecule has 0 bridgehead atoms. The highest BCUT2D eigenvalue weighted by molar-refractivity contribution is 5.72. The van der Waals surface area contributed by atoms with E-state index in [-0.39, 0.29) is 30.4 Å². The predicted molar refractivity (Wildman–Crippen MR) is 224 cm³/mol. The van der Waals surface area contributed by atoms with E-state index in [0.29, 0.717) is 32.7 Å². The molecule has 0 saturated heterocycles. The van der Waals surface area contributed by atoms with E-state index < -0.39 is 6.10 Å². The highest BCUT2D eigenvalue weighted by Gasteiger charge is 2.21. The van der Waals surface area contributed by atoms with Crippen molar-refractivity contribution in [2.45, 2.75) is 233 Å². The van der Waals surface area contributed by atoms with Gasteiger partial charge < -0.3 is 19.7 Å². The third kappa shape index (κ3) is 33.8. The highest BCUT2D eigenvalue weighted by atomic mass is 16.5. The number of carbonyl (C=O) groups excluding carboxylic acids is 2. The van der Waals surface area contributed by atoms with E-state index in [1.807, 2.05) is 0 Å². The molecule has 53 heavy (non-hydrogen) atoms. The van der Waals surface area contributed by atoms with Gasteiger partial charge in [0.1, 0.15) is 0 Å². The Hall–Kier alpha value is -1.18. The van der Waals surface area contributed by atoms with E-state index >= 15 is 0 Å². The van der Waals surface area contributed by atoms with Crippen LogP contribution in [0, 0.1) is 11.8 Å². The van der Waals surface area contributed by atoms with Crippen LogP contribution in [0.1, 0.15) is 227 Å². The van der Waals surface area contributed by atoms with E-state index in [2.05, 4.69) is 32.6 Å². The van der Waals surface area contributed by atoms with E-state index in [1.54, 1.807) is 0 Å². The Labute approximate surface area is 329 Å². The van der Waals surface area contributed by atoms with Gasteiger partial charge in [-0.25, -0.2) is 0 Å². The summed E-state index contributed by atoms with van der Waals surface area (Å²) in [5, 5.41) is 20.3. The fourth-order valence-corrected chi connectivity index (χ4v) is 7.42. The molecule has 0 aromatic carbocycles. The molecular weight excluding hydrogens is 663 g/mol. The first-order valence-corrected chi connectivity index (χ1v) is 23.3. The first-order chi connectivity index (χ1) is 25.9. The molecule has 0 heterocycles. The molecule has 316 valence electrons. The number of hydrogen-bond donors (Lipinski definition) is 2. The smallest absolute Gasteiger partial charge is 0.308 e. The van der Waals surface area contributed by atoms with Gasteiger partial charge in [-0.2, -0.15) is 0 Å². The van der Waals surface area contributed by atoms with Gasteiger partial charge in [0.05, 0.1) is 37.8 Å². The first-order valence-electron chi connectivity index (χ1n) is 23.3. The zero-order valence-electron chi connectivity index (χ0n) is 35.9. The van der Waals surface area contributed by atoms with E-state index in [0.717, 1.165) is 96.4 Å². The summed E-state index contributed by atoms with van der Waals surface area (Å²) < 4.78 is 11.5. The Morgan fingerprint density at radius 3 is 1.23 bits per heavy atom. The zero-order chi connectivity index (χ0) is 39.0. The quantitative estimate of drug-likeness (QED) is 0.0473. The second-order valence-corrected chi connectivity index (χ2v) is 16.1. The van der Waals surface area contributed by atoms with Gasteiger partial charge in [0.2, 0.25) is 0 Å². The molecule has 7 nitrogen and oxygen atoms in total. The second kappa shape index (κ2) is 40.5. The van der Waals surface area contributed by atoms with Crippen LogP contribution in [0.25, 0.3) is 0 Å². The van der Waals surface area contributed by atoms with Crippen LogP contribution in [0.4, 0.5) is 0 Å². The average molecular weight is 754 g/mol. The molecular formula is C46H91NO6. The van der Waals surface area contributed by atoms with E-state index in [9.17, 15) is 19.8 Å². The lowest BCUT2D eigenvalue weighted by Crippen LogP contribution is -2.35. The van der Waals surface area contributed by atoms with Gasteiger partial charge in [-0.3, -0.25) is 14.5 Å². The molecule has 0 spiro atoms. The Bertz CT molecular complexity index is 779. The van der Waals surface area contributed by atoms with Crippen molar-refractivity contribution in [2.24, 2.45) is 11.8 Å². The molecule has 3 atom stereocenters. The van der Waals surface area contributed by atoms with Crippen LogP contribution in [0.5, 0.6) is 0 Å². The molecule has 0 saturated carbocycles. The van der Waals surface area contributed by atoms with Crippen LogP contribution in [-0.4, -0.2) is 72.6 Å². The minimum Gasteiger partial charge on any atom is -0.465 e. The van der Waals surface area contributed by atoms with Crippen molar-refractivity contribution in [3.05, 3.63) is 0 Å². The SMILES string of the molecule is CCCCCCCCC(CCCCCC)C(=O)OCCCCCCN(CCO)CC(O)CCCCOC(=O)C(CCCCCC)CCCCCCCC. The van der Waals surface area contributed by atoms with Crippen molar-refractivity contribution in [3.63, 3.8) is 0 Å². The molecule has 0 aliphatic heterocycles. The second-order valence-electron chi connectivity index (χ2n) is 16.1. The number of ether oxygens (including phenoxy) is 2. The number of carbonyl (C=O) groups is 2. The highest BCUT2D eigenvalue weighted by Crippen LogP contribution is 2.22. The summed E-state index contributed by atoms with van der Waals surface area (Å²) in [5.74, 6) is 0.0850. The number of aliphatic hydroxyl groups is 2. The van der Waals surface area contributed by atoms with Gasteiger partial charge >= 0.3 is 11.9 Å². The standard InChI is InChI=1S/C46H91NO6/c1-5-9-13-17-19-25-33-42(31-23-15-11-7-3)45(50)52-39-29-22-21-28-36-47(37-38-48)41-44(49)35-27-30-40-53-46(51)43(32-24-16-12-8-4)34-26-20-18-14-10-6-2/h42-44,48-49H,5-41H2,1-4H3. The molecule has 2 N–H and O–H groups in total. The van der Waals surface area contributed by atoms with Crippen LogP contribution in [-0.2, 0) is 19.1 Å². The van der Waals surface area contributed by atoms with Crippen LogP contribution < -0.4 is 0 Å². The fourth-order valence-electron chi connectivity index (χ4n) is 7.42. The average Bonchev–Trinajstić information content (AvgIpc) is 3.15. The van der Waals surface area contributed by atoms with Crippen molar-refractivity contribution in [3.8, 4) is 0 Å². The lowest BCUT2D eigenvalue weighted by molar-refractivity contribution is -0.150. The lowest BCUT2D eigenvalue weighted by atomic mass is 9.94. The van der Waals surface area contributed by atoms with Gasteiger partial charge in [0.15, 0.2) is 0 Å². The Kier molecular flexibility index (Phi) is 39.6. The lowest BCUT2D eigenvalue weighted by Gasteiger charge is -2.24. The van der Waals surface area contributed by atoms with E-state index in [1.165, 1.54) is 103 Å². The van der Waals surface area contributed by atoms with Crippen LogP contribution >= 0.6 is 0 Å². The van der Waals surface area contributed by atoms with Gasteiger partial charge in [0, 0.05) is 13.1 Å². The van der Waals surface area contributed by atoms with Gasteiger partial charge in [-0.1, -0.05) is 169 Å². The molecule has 0 rings (SSSR count). The fraction of sp³-hybridized carbons (Fsp3) is 0.957. The topological polar surface area (TPSA) is 96.3 Å². The number of aliphatic hydroxyl groups excluding tert-OH is 2. The minimum atomic E-state index is -0.457. The summed E-state index contributed by atoms with van der Waals surface area (Å²) in [7, 11) is 0. The molecule has 0 aromatic heterocycles. The molecule has 0 aliphatic rings. The van der Waals surface area contributed by atoms with Crippen LogP contribution in [0.3, 0.4) is 0 Å². The normalized spacial score (nSPS) is 13.3. The zero-order valence-corrected chi connectivity index (χ0v) is 35.9. The number of nitrogens with zero attached hydrogens (tertiary/aromatic N) is 1. The molecule has 0 radical (unpaired) electrons. The predicted octanol–water partition coefficient (Wildman–Crippen LogP) is 12.1. The van der Waals surface area contributed by atoms with Crippen molar-refractivity contribution < 1.29 is 29.3 Å². The summed E-state index contributed by atoms with van der Waals surface area (Å²) in [6.45, 7) is 11.9. The third-order valence-electron chi connectivity index (χ3n) is 11.0. The summed E-state index contributed by atoms with van der Waals surface area (Å²) in [6, 6.07) is 0.